The summed E-state index contributed by atoms with van der Waals surface area (Å²) in [5, 5.41) is 0. The summed E-state index contributed by atoms with van der Waals surface area (Å²) in [7, 11) is 1.54. The first kappa shape index (κ1) is 8.75. The summed E-state index contributed by atoms with van der Waals surface area (Å²) < 4.78 is 4.94. The first-order valence-electron chi connectivity index (χ1n) is 5.85. The van der Waals surface area contributed by atoms with E-state index >= 15 is 0 Å². The Morgan fingerprint density at radius 1 is 1.00 bits per heavy atom. The van der Waals surface area contributed by atoms with E-state index in [1.807, 2.05) is 0 Å². The van der Waals surface area contributed by atoms with Crippen molar-refractivity contribution in [3.63, 3.8) is 0 Å². The molecule has 2 heteroatoms. The van der Waals surface area contributed by atoms with Gasteiger partial charge in [-0.3, -0.25) is 4.79 Å². The van der Waals surface area contributed by atoms with Crippen molar-refractivity contribution in [3.8, 4) is 0 Å². The second-order valence-electron chi connectivity index (χ2n) is 5.48. The standard InChI is InChI=1S/C12H18O2/c1-14-12(13)11-9-3-7-2-8(5-9)6-10(11)4-7/h7-11H,2-6H2,1H3/t7-,8+,9-,10+,11?. The van der Waals surface area contributed by atoms with Crippen LogP contribution in [0.4, 0.5) is 0 Å². The van der Waals surface area contributed by atoms with Crippen molar-refractivity contribution in [3.05, 3.63) is 0 Å². The average Bonchev–Trinajstić information content (AvgIpc) is 2.15. The minimum absolute atomic E-state index is 0.0683. The molecule has 0 aliphatic heterocycles. The molecule has 4 aliphatic carbocycles. The quantitative estimate of drug-likeness (QED) is 0.598. The van der Waals surface area contributed by atoms with Crippen LogP contribution in [0, 0.1) is 29.6 Å². The maximum atomic E-state index is 11.7. The largest absolute Gasteiger partial charge is 0.469 e. The Morgan fingerprint density at radius 3 is 1.93 bits per heavy atom. The topological polar surface area (TPSA) is 26.3 Å². The van der Waals surface area contributed by atoms with Gasteiger partial charge in [-0.2, -0.15) is 0 Å². The molecule has 0 aromatic rings. The Bertz CT molecular complexity index is 231. The van der Waals surface area contributed by atoms with E-state index in [0.29, 0.717) is 11.8 Å². The van der Waals surface area contributed by atoms with Crippen molar-refractivity contribution in [1.82, 2.24) is 0 Å². The highest BCUT2D eigenvalue weighted by Crippen LogP contribution is 2.56. The van der Waals surface area contributed by atoms with Crippen LogP contribution in [0.25, 0.3) is 0 Å². The summed E-state index contributed by atoms with van der Waals surface area (Å²) in [4.78, 5) is 11.7. The van der Waals surface area contributed by atoms with Gasteiger partial charge in [0.05, 0.1) is 13.0 Å². The van der Waals surface area contributed by atoms with Crippen LogP contribution in [0.3, 0.4) is 0 Å². The van der Waals surface area contributed by atoms with E-state index in [9.17, 15) is 4.79 Å². The lowest BCUT2D eigenvalue weighted by atomic mass is 9.52. The highest BCUT2D eigenvalue weighted by atomic mass is 16.5. The number of methoxy groups -OCH3 is 1. The second-order valence-corrected chi connectivity index (χ2v) is 5.48. The molecule has 0 spiro atoms. The van der Waals surface area contributed by atoms with Crippen LogP contribution in [0.1, 0.15) is 32.1 Å². The Hall–Kier alpha value is -0.530. The number of hydrogen-bond donors (Lipinski definition) is 0. The van der Waals surface area contributed by atoms with Gasteiger partial charge in [-0.05, 0) is 55.8 Å². The molecule has 4 aliphatic rings. The van der Waals surface area contributed by atoms with E-state index < -0.39 is 0 Å². The number of carbonyl (C=O) groups is 1. The first-order chi connectivity index (χ1) is 6.78. The summed E-state index contributed by atoms with van der Waals surface area (Å²) in [6.45, 7) is 0. The van der Waals surface area contributed by atoms with Crippen LogP contribution >= 0.6 is 0 Å². The molecule has 0 heterocycles. The lowest BCUT2D eigenvalue weighted by molar-refractivity contribution is -0.159. The second kappa shape index (κ2) is 2.98. The molecule has 0 unspecified atom stereocenters. The van der Waals surface area contributed by atoms with Crippen molar-refractivity contribution in [2.75, 3.05) is 7.11 Å². The Morgan fingerprint density at radius 2 is 1.50 bits per heavy atom. The van der Waals surface area contributed by atoms with Gasteiger partial charge < -0.3 is 4.74 Å². The minimum atomic E-state index is 0.0683. The average molecular weight is 194 g/mol. The summed E-state index contributed by atoms with van der Waals surface area (Å²) in [5.41, 5.74) is 0. The van der Waals surface area contributed by atoms with Gasteiger partial charge in [0.15, 0.2) is 0 Å². The third-order valence-electron chi connectivity index (χ3n) is 4.70. The third kappa shape index (κ3) is 1.12. The van der Waals surface area contributed by atoms with Crippen molar-refractivity contribution in [2.24, 2.45) is 29.6 Å². The highest BCUT2D eigenvalue weighted by molar-refractivity contribution is 5.73. The van der Waals surface area contributed by atoms with Gasteiger partial charge in [-0.25, -0.2) is 0 Å². The zero-order chi connectivity index (χ0) is 9.71. The molecule has 0 N–H and O–H groups in total. The van der Waals surface area contributed by atoms with E-state index in [4.69, 9.17) is 4.74 Å². The van der Waals surface area contributed by atoms with Gasteiger partial charge in [-0.1, -0.05) is 0 Å². The SMILES string of the molecule is COC(=O)C1[C@H]2C[C@@H]3C[C@@H](C[C@H]1C3)C2. The fourth-order valence-electron chi connectivity index (χ4n) is 4.45. The van der Waals surface area contributed by atoms with Gasteiger partial charge in [0.2, 0.25) is 0 Å². The van der Waals surface area contributed by atoms with Gasteiger partial charge in [0, 0.05) is 0 Å². The normalized spacial score (nSPS) is 49.4. The van der Waals surface area contributed by atoms with E-state index in [1.54, 1.807) is 0 Å². The highest BCUT2D eigenvalue weighted by Gasteiger charge is 2.51. The van der Waals surface area contributed by atoms with E-state index in [2.05, 4.69) is 0 Å². The summed E-state index contributed by atoms with van der Waals surface area (Å²) >= 11 is 0. The van der Waals surface area contributed by atoms with Crippen molar-refractivity contribution < 1.29 is 9.53 Å². The smallest absolute Gasteiger partial charge is 0.309 e. The molecule has 4 saturated carbocycles. The summed E-state index contributed by atoms with van der Waals surface area (Å²) in [5.74, 6) is 3.54. The van der Waals surface area contributed by atoms with Crippen LogP contribution in [0.2, 0.25) is 0 Å². The molecule has 0 aromatic carbocycles. The molecule has 4 rings (SSSR count). The molecular weight excluding hydrogens is 176 g/mol. The zero-order valence-corrected chi connectivity index (χ0v) is 8.74. The lowest BCUT2D eigenvalue weighted by Crippen LogP contribution is -2.48. The predicted molar refractivity (Wildman–Crippen MR) is 52.6 cm³/mol. The minimum Gasteiger partial charge on any atom is -0.469 e. The van der Waals surface area contributed by atoms with Crippen LogP contribution in [0.15, 0.2) is 0 Å². The molecule has 0 saturated heterocycles. The summed E-state index contributed by atoms with van der Waals surface area (Å²) in [6, 6.07) is 0. The van der Waals surface area contributed by atoms with E-state index in [1.165, 1.54) is 39.2 Å². The molecule has 14 heavy (non-hydrogen) atoms. The predicted octanol–water partition coefficient (Wildman–Crippen LogP) is 2.23. The van der Waals surface area contributed by atoms with Crippen molar-refractivity contribution >= 4 is 5.97 Å². The van der Waals surface area contributed by atoms with Crippen LogP contribution < -0.4 is 0 Å². The summed E-state index contributed by atoms with van der Waals surface area (Å²) in [6.07, 6.45) is 6.64. The third-order valence-corrected chi connectivity index (χ3v) is 4.70. The van der Waals surface area contributed by atoms with E-state index in [0.717, 1.165) is 11.8 Å². The molecule has 0 radical (unpaired) electrons. The Balaban J connectivity index is 1.84. The van der Waals surface area contributed by atoms with Gasteiger partial charge in [0.25, 0.3) is 0 Å². The first-order valence-corrected chi connectivity index (χ1v) is 5.85. The maximum Gasteiger partial charge on any atom is 0.309 e. The maximum absolute atomic E-state index is 11.7. The molecular formula is C12H18O2. The molecule has 2 nitrogen and oxygen atoms in total. The Kier molecular flexibility index (Phi) is 1.86. The fraction of sp³-hybridized carbons (Fsp3) is 0.917. The van der Waals surface area contributed by atoms with Gasteiger partial charge >= 0.3 is 5.97 Å². The zero-order valence-electron chi connectivity index (χ0n) is 8.74. The molecule has 0 atom stereocenters. The fourth-order valence-corrected chi connectivity index (χ4v) is 4.45. The number of ether oxygens (including phenoxy) is 1. The monoisotopic (exact) mass is 194 g/mol. The molecule has 4 fully saturated rings. The number of carbonyl (C=O) groups excluding carboxylic acids is 1. The van der Waals surface area contributed by atoms with Crippen LogP contribution in [-0.4, -0.2) is 13.1 Å². The van der Waals surface area contributed by atoms with Gasteiger partial charge in [-0.15, -0.1) is 0 Å². The number of rotatable bonds is 1. The van der Waals surface area contributed by atoms with E-state index in [-0.39, 0.29) is 11.9 Å². The molecule has 4 bridgehead atoms. The molecule has 78 valence electrons. The number of hydrogen-bond acceptors (Lipinski definition) is 2. The molecule has 0 amide bonds. The van der Waals surface area contributed by atoms with Crippen LogP contribution in [-0.2, 0) is 9.53 Å². The number of esters is 1. The van der Waals surface area contributed by atoms with Crippen molar-refractivity contribution in [1.29, 1.82) is 0 Å². The van der Waals surface area contributed by atoms with Gasteiger partial charge in [0.1, 0.15) is 0 Å². The molecule has 0 aromatic heterocycles. The Labute approximate surface area is 85.0 Å². The van der Waals surface area contributed by atoms with Crippen molar-refractivity contribution in [2.45, 2.75) is 32.1 Å². The van der Waals surface area contributed by atoms with Crippen LogP contribution in [0.5, 0.6) is 0 Å². The lowest BCUT2D eigenvalue weighted by Gasteiger charge is -2.53.